The molecule has 7 heteroatoms. The summed E-state index contributed by atoms with van der Waals surface area (Å²) in [6.07, 6.45) is 1.67. The third kappa shape index (κ3) is 3.92. The molecule has 0 aliphatic carbocycles. The van der Waals surface area contributed by atoms with Crippen molar-refractivity contribution >= 4 is 33.2 Å². The highest BCUT2D eigenvalue weighted by atomic mass is 35.5. The topological polar surface area (TPSA) is 66.5 Å². The summed E-state index contributed by atoms with van der Waals surface area (Å²) in [6, 6.07) is 10.1. The van der Waals surface area contributed by atoms with Gasteiger partial charge in [0.2, 0.25) is 10.0 Å². The summed E-state index contributed by atoms with van der Waals surface area (Å²) in [4.78, 5) is 12.6. The average Bonchev–Trinajstić information content (AvgIpc) is 3.09. The quantitative estimate of drug-likeness (QED) is 0.855. The molecular weight excluding hydrogens is 372 g/mol. The third-order valence-corrected chi connectivity index (χ3v) is 6.74. The number of carbonyl (C=O) groups is 1. The Morgan fingerprint density at radius 2 is 1.65 bits per heavy atom. The van der Waals surface area contributed by atoms with E-state index in [0.717, 1.165) is 24.0 Å². The van der Waals surface area contributed by atoms with Crippen molar-refractivity contribution in [3.05, 3.63) is 58.1 Å². The van der Waals surface area contributed by atoms with Gasteiger partial charge < -0.3 is 5.32 Å². The molecule has 1 fully saturated rings. The molecular formula is C19H21ClN2O3S. The van der Waals surface area contributed by atoms with Crippen molar-refractivity contribution in [2.45, 2.75) is 31.6 Å². The molecule has 0 unspecified atom stereocenters. The summed E-state index contributed by atoms with van der Waals surface area (Å²) < 4.78 is 27.0. The molecule has 0 radical (unpaired) electrons. The van der Waals surface area contributed by atoms with Crippen molar-refractivity contribution in [3.8, 4) is 0 Å². The Balaban J connectivity index is 1.90. The van der Waals surface area contributed by atoms with Crippen molar-refractivity contribution < 1.29 is 13.2 Å². The molecule has 138 valence electrons. The second-order valence-corrected chi connectivity index (χ2v) is 8.90. The van der Waals surface area contributed by atoms with Gasteiger partial charge in [-0.1, -0.05) is 17.7 Å². The molecule has 0 bridgehead atoms. The number of rotatable bonds is 4. The van der Waals surface area contributed by atoms with E-state index < -0.39 is 10.0 Å². The van der Waals surface area contributed by atoms with Crippen LogP contribution in [-0.4, -0.2) is 31.7 Å². The van der Waals surface area contributed by atoms with E-state index in [0.29, 0.717) is 18.8 Å². The van der Waals surface area contributed by atoms with Gasteiger partial charge in [-0.05, 0) is 68.1 Å². The number of sulfonamides is 1. The van der Waals surface area contributed by atoms with Crippen molar-refractivity contribution in [2.75, 3.05) is 18.4 Å². The summed E-state index contributed by atoms with van der Waals surface area (Å²) >= 11 is 6.13. The van der Waals surface area contributed by atoms with Crippen LogP contribution in [0.3, 0.4) is 0 Å². The van der Waals surface area contributed by atoms with Crippen LogP contribution in [0.25, 0.3) is 0 Å². The van der Waals surface area contributed by atoms with Gasteiger partial charge in [-0.2, -0.15) is 4.31 Å². The highest BCUT2D eigenvalue weighted by Gasteiger charge is 2.29. The lowest BCUT2D eigenvalue weighted by Crippen LogP contribution is -2.28. The number of nitrogens with one attached hydrogen (secondary N) is 1. The molecule has 1 N–H and O–H groups in total. The SMILES string of the molecule is Cc1cc(C)cc(NC(=O)c2ccc(Cl)c(S(=O)(=O)N3CCCC3)c2)c1. The fourth-order valence-electron chi connectivity index (χ4n) is 3.16. The van der Waals surface area contributed by atoms with Gasteiger partial charge in [-0.3, -0.25) is 4.79 Å². The number of hydrogen-bond acceptors (Lipinski definition) is 3. The Morgan fingerprint density at radius 1 is 1.04 bits per heavy atom. The summed E-state index contributed by atoms with van der Waals surface area (Å²) in [5.41, 5.74) is 3.00. The van der Waals surface area contributed by atoms with Gasteiger partial charge in [0.15, 0.2) is 0 Å². The predicted molar refractivity (Wildman–Crippen MR) is 103 cm³/mol. The summed E-state index contributed by atoms with van der Waals surface area (Å²) in [5.74, 6) is -0.371. The van der Waals surface area contributed by atoms with Crippen molar-refractivity contribution in [2.24, 2.45) is 0 Å². The zero-order valence-electron chi connectivity index (χ0n) is 14.8. The number of anilines is 1. The van der Waals surface area contributed by atoms with E-state index in [1.54, 1.807) is 0 Å². The molecule has 2 aromatic rings. The number of benzene rings is 2. The van der Waals surface area contributed by atoms with Crippen LogP contribution >= 0.6 is 11.6 Å². The summed E-state index contributed by atoms with van der Waals surface area (Å²) in [7, 11) is -3.69. The molecule has 1 aliphatic heterocycles. The maximum Gasteiger partial charge on any atom is 0.255 e. The van der Waals surface area contributed by atoms with Gasteiger partial charge in [-0.25, -0.2) is 8.42 Å². The van der Waals surface area contributed by atoms with Crippen molar-refractivity contribution in [1.29, 1.82) is 0 Å². The van der Waals surface area contributed by atoms with E-state index in [9.17, 15) is 13.2 Å². The van der Waals surface area contributed by atoms with E-state index in [1.165, 1.54) is 22.5 Å². The number of nitrogens with zero attached hydrogens (tertiary/aromatic N) is 1. The molecule has 3 rings (SSSR count). The van der Waals surface area contributed by atoms with Crippen LogP contribution in [0.5, 0.6) is 0 Å². The molecule has 0 aromatic heterocycles. The first-order chi connectivity index (χ1) is 12.3. The van der Waals surface area contributed by atoms with Crippen LogP contribution in [0.2, 0.25) is 5.02 Å². The van der Waals surface area contributed by atoms with Crippen LogP contribution in [0.4, 0.5) is 5.69 Å². The highest BCUT2D eigenvalue weighted by Crippen LogP contribution is 2.28. The normalized spacial score (nSPS) is 15.2. The Hall–Kier alpha value is -1.89. The minimum atomic E-state index is -3.69. The first kappa shape index (κ1) is 18.9. The molecule has 0 atom stereocenters. The van der Waals surface area contributed by atoms with Crippen molar-refractivity contribution in [3.63, 3.8) is 0 Å². The Bertz CT molecular complexity index is 931. The molecule has 0 saturated carbocycles. The summed E-state index contributed by atoms with van der Waals surface area (Å²) in [5, 5.41) is 2.94. The minimum absolute atomic E-state index is 0.0193. The Labute approximate surface area is 159 Å². The van der Waals surface area contributed by atoms with E-state index in [2.05, 4.69) is 5.32 Å². The summed E-state index contributed by atoms with van der Waals surface area (Å²) in [6.45, 7) is 4.87. The van der Waals surface area contributed by atoms with Gasteiger partial charge in [-0.15, -0.1) is 0 Å². The Morgan fingerprint density at radius 3 is 2.27 bits per heavy atom. The molecule has 1 heterocycles. The first-order valence-electron chi connectivity index (χ1n) is 8.47. The van der Waals surface area contributed by atoms with Crippen LogP contribution in [0.1, 0.15) is 34.3 Å². The molecule has 5 nitrogen and oxygen atoms in total. The minimum Gasteiger partial charge on any atom is -0.322 e. The predicted octanol–water partition coefficient (Wildman–Crippen LogP) is 3.99. The van der Waals surface area contributed by atoms with Gasteiger partial charge in [0.1, 0.15) is 4.90 Å². The molecule has 1 saturated heterocycles. The fourth-order valence-corrected chi connectivity index (χ4v) is 5.18. The van der Waals surface area contributed by atoms with Crippen LogP contribution in [0, 0.1) is 13.8 Å². The largest absolute Gasteiger partial charge is 0.322 e. The van der Waals surface area contributed by atoms with Crippen LogP contribution in [0.15, 0.2) is 41.3 Å². The van der Waals surface area contributed by atoms with Gasteiger partial charge in [0.05, 0.1) is 5.02 Å². The molecule has 0 spiro atoms. The second-order valence-electron chi connectivity index (χ2n) is 6.59. The standard InChI is InChI=1S/C19H21ClN2O3S/c1-13-9-14(2)11-16(10-13)21-19(23)15-5-6-17(20)18(12-15)26(24,25)22-7-3-4-8-22/h5-6,9-12H,3-4,7-8H2,1-2H3,(H,21,23). The van der Waals surface area contributed by atoms with Crippen LogP contribution < -0.4 is 5.32 Å². The monoisotopic (exact) mass is 392 g/mol. The second kappa shape index (κ2) is 7.39. The lowest BCUT2D eigenvalue weighted by molar-refractivity contribution is 0.102. The lowest BCUT2D eigenvalue weighted by Gasteiger charge is -2.17. The fraction of sp³-hybridized carbons (Fsp3) is 0.316. The molecule has 1 amide bonds. The maximum absolute atomic E-state index is 12.8. The smallest absolute Gasteiger partial charge is 0.255 e. The molecule has 1 aliphatic rings. The number of hydrogen-bond donors (Lipinski definition) is 1. The molecule has 26 heavy (non-hydrogen) atoms. The number of aryl methyl sites for hydroxylation is 2. The lowest BCUT2D eigenvalue weighted by atomic mass is 10.1. The zero-order valence-corrected chi connectivity index (χ0v) is 16.3. The molecule has 2 aromatic carbocycles. The maximum atomic E-state index is 12.8. The van der Waals surface area contributed by atoms with Gasteiger partial charge >= 0.3 is 0 Å². The number of halogens is 1. The van der Waals surface area contributed by atoms with E-state index >= 15 is 0 Å². The highest BCUT2D eigenvalue weighted by molar-refractivity contribution is 7.89. The average molecular weight is 393 g/mol. The zero-order chi connectivity index (χ0) is 18.9. The van der Waals surface area contributed by atoms with E-state index in [1.807, 2.05) is 32.0 Å². The Kier molecular flexibility index (Phi) is 5.37. The number of amides is 1. The van der Waals surface area contributed by atoms with E-state index in [-0.39, 0.29) is 21.4 Å². The van der Waals surface area contributed by atoms with Gasteiger partial charge in [0.25, 0.3) is 5.91 Å². The number of carbonyl (C=O) groups excluding carboxylic acids is 1. The third-order valence-electron chi connectivity index (χ3n) is 4.36. The van der Waals surface area contributed by atoms with Crippen molar-refractivity contribution in [1.82, 2.24) is 4.31 Å². The van der Waals surface area contributed by atoms with Gasteiger partial charge in [0, 0.05) is 24.3 Å². The van der Waals surface area contributed by atoms with Crippen LogP contribution in [-0.2, 0) is 10.0 Å². The van der Waals surface area contributed by atoms with E-state index in [4.69, 9.17) is 11.6 Å². The first-order valence-corrected chi connectivity index (χ1v) is 10.3.